The topological polar surface area (TPSA) is 51.2 Å². The van der Waals surface area contributed by atoms with Crippen molar-refractivity contribution in [2.75, 3.05) is 17.7 Å². The van der Waals surface area contributed by atoms with Crippen molar-refractivity contribution in [3.63, 3.8) is 0 Å². The highest BCUT2D eigenvalue weighted by Gasteiger charge is 2.14. The largest absolute Gasteiger partial charge is 0.493 e. The van der Waals surface area contributed by atoms with Crippen LogP contribution in [-0.4, -0.2) is 23.3 Å². The summed E-state index contributed by atoms with van der Waals surface area (Å²) in [5, 5.41) is 3.93. The first-order valence-electron chi connectivity index (χ1n) is 7.41. The van der Waals surface area contributed by atoms with Crippen LogP contribution in [-0.2, 0) is 11.2 Å². The van der Waals surface area contributed by atoms with Gasteiger partial charge in [-0.25, -0.2) is 4.98 Å². The van der Waals surface area contributed by atoms with Gasteiger partial charge in [-0.1, -0.05) is 12.1 Å². The summed E-state index contributed by atoms with van der Waals surface area (Å²) in [7, 11) is 0. The molecule has 0 fully saturated rings. The van der Waals surface area contributed by atoms with Crippen molar-refractivity contribution >= 4 is 23.4 Å². The number of pyridine rings is 1. The first-order valence-corrected chi connectivity index (χ1v) is 8.39. The highest BCUT2D eigenvalue weighted by Crippen LogP contribution is 2.27. The highest BCUT2D eigenvalue weighted by atomic mass is 32.2. The predicted octanol–water partition coefficient (Wildman–Crippen LogP) is 3.53. The van der Waals surface area contributed by atoms with E-state index in [0.29, 0.717) is 13.0 Å². The molecule has 0 bridgehead atoms. The highest BCUT2D eigenvalue weighted by molar-refractivity contribution is 7.99. The van der Waals surface area contributed by atoms with E-state index in [0.717, 1.165) is 35.1 Å². The Morgan fingerprint density at radius 3 is 3.05 bits per heavy atom. The lowest BCUT2D eigenvalue weighted by molar-refractivity contribution is -0.116. The monoisotopic (exact) mass is 314 g/mol. The molecule has 0 radical (unpaired) electrons. The molecule has 2 aromatic rings. The van der Waals surface area contributed by atoms with Gasteiger partial charge in [0.05, 0.1) is 11.6 Å². The molecule has 22 heavy (non-hydrogen) atoms. The van der Waals surface area contributed by atoms with Crippen LogP contribution in [0.4, 0.5) is 5.69 Å². The zero-order valence-electron chi connectivity index (χ0n) is 12.2. The standard InChI is InChI=1S/C17H18N2O2S/c20-16-8-6-13-5-7-14(12-15(13)19-16)21-10-3-11-22-17-4-1-2-9-18-17/h1-2,4-5,7,9,12H,3,6,8,10-11H2,(H,19,20). The number of hydrogen-bond acceptors (Lipinski definition) is 4. The Morgan fingerprint density at radius 2 is 2.18 bits per heavy atom. The summed E-state index contributed by atoms with van der Waals surface area (Å²) in [5.74, 6) is 1.86. The van der Waals surface area contributed by atoms with E-state index in [4.69, 9.17) is 4.74 Å². The van der Waals surface area contributed by atoms with Crippen LogP contribution in [0, 0.1) is 0 Å². The average Bonchev–Trinajstić information content (AvgIpc) is 2.55. The molecule has 3 rings (SSSR count). The van der Waals surface area contributed by atoms with E-state index in [1.807, 2.05) is 36.4 Å². The summed E-state index contributed by atoms with van der Waals surface area (Å²) in [5.41, 5.74) is 2.06. The summed E-state index contributed by atoms with van der Waals surface area (Å²) < 4.78 is 5.76. The number of nitrogens with one attached hydrogen (secondary N) is 1. The van der Waals surface area contributed by atoms with Crippen LogP contribution in [0.1, 0.15) is 18.4 Å². The minimum atomic E-state index is 0.0800. The number of aromatic nitrogens is 1. The van der Waals surface area contributed by atoms with E-state index in [1.165, 1.54) is 5.56 Å². The Labute approximate surface area is 134 Å². The van der Waals surface area contributed by atoms with E-state index < -0.39 is 0 Å². The number of benzene rings is 1. The molecule has 0 atom stereocenters. The molecule has 1 N–H and O–H groups in total. The summed E-state index contributed by atoms with van der Waals surface area (Å²) in [6, 6.07) is 11.8. The molecular formula is C17H18N2O2S. The van der Waals surface area contributed by atoms with Gasteiger partial charge in [0, 0.05) is 30.1 Å². The summed E-state index contributed by atoms with van der Waals surface area (Å²) >= 11 is 1.73. The van der Waals surface area contributed by atoms with Crippen molar-refractivity contribution in [3.05, 3.63) is 48.2 Å². The van der Waals surface area contributed by atoms with Crippen molar-refractivity contribution < 1.29 is 9.53 Å². The molecule has 1 aromatic carbocycles. The van der Waals surface area contributed by atoms with E-state index >= 15 is 0 Å². The quantitative estimate of drug-likeness (QED) is 0.654. The Morgan fingerprint density at radius 1 is 1.23 bits per heavy atom. The molecule has 5 heteroatoms. The Kier molecular flexibility index (Phi) is 4.96. The van der Waals surface area contributed by atoms with Gasteiger partial charge in [0.15, 0.2) is 0 Å². The molecule has 0 aliphatic carbocycles. The molecule has 0 spiro atoms. The van der Waals surface area contributed by atoms with Gasteiger partial charge in [-0.3, -0.25) is 4.79 Å². The lowest BCUT2D eigenvalue weighted by Gasteiger charge is -2.17. The van der Waals surface area contributed by atoms with Gasteiger partial charge in [0.1, 0.15) is 5.75 Å². The SMILES string of the molecule is O=C1CCc2ccc(OCCCSc3ccccn3)cc2N1. The van der Waals surface area contributed by atoms with Crippen LogP contribution in [0.5, 0.6) is 5.75 Å². The Balaban J connectivity index is 1.44. The average molecular weight is 314 g/mol. The Bertz CT molecular complexity index is 646. The molecular weight excluding hydrogens is 296 g/mol. The van der Waals surface area contributed by atoms with Crippen molar-refractivity contribution in [2.24, 2.45) is 0 Å². The fourth-order valence-electron chi connectivity index (χ4n) is 2.30. The minimum absolute atomic E-state index is 0.0800. The molecule has 1 amide bonds. The molecule has 114 valence electrons. The lowest BCUT2D eigenvalue weighted by atomic mass is 10.0. The second kappa shape index (κ2) is 7.31. The van der Waals surface area contributed by atoms with Crippen LogP contribution in [0.3, 0.4) is 0 Å². The molecule has 1 aliphatic rings. The molecule has 2 heterocycles. The van der Waals surface area contributed by atoms with Crippen LogP contribution >= 0.6 is 11.8 Å². The number of carbonyl (C=O) groups is 1. The maximum atomic E-state index is 11.4. The summed E-state index contributed by atoms with van der Waals surface area (Å²) in [6.07, 6.45) is 4.13. The van der Waals surface area contributed by atoms with Gasteiger partial charge < -0.3 is 10.1 Å². The number of nitrogens with zero attached hydrogens (tertiary/aromatic N) is 1. The molecule has 0 saturated heterocycles. The van der Waals surface area contributed by atoms with E-state index in [9.17, 15) is 4.79 Å². The first kappa shape index (κ1) is 14.9. The van der Waals surface area contributed by atoms with Gasteiger partial charge in [0.2, 0.25) is 5.91 Å². The first-order chi connectivity index (χ1) is 10.8. The minimum Gasteiger partial charge on any atom is -0.493 e. The molecule has 0 unspecified atom stereocenters. The number of amides is 1. The normalized spacial score (nSPS) is 13.4. The number of anilines is 1. The van der Waals surface area contributed by atoms with Gasteiger partial charge in [-0.15, -0.1) is 11.8 Å². The number of thioether (sulfide) groups is 1. The number of fused-ring (bicyclic) bond motifs is 1. The van der Waals surface area contributed by atoms with Crippen LogP contribution < -0.4 is 10.1 Å². The second-order valence-corrected chi connectivity index (χ2v) is 6.20. The smallest absolute Gasteiger partial charge is 0.224 e. The molecule has 0 saturated carbocycles. The number of carbonyl (C=O) groups excluding carboxylic acids is 1. The summed E-state index contributed by atoms with van der Waals surface area (Å²) in [4.78, 5) is 15.7. The maximum absolute atomic E-state index is 11.4. The third kappa shape index (κ3) is 4.01. The van der Waals surface area contributed by atoms with Crippen molar-refractivity contribution in [3.8, 4) is 5.75 Å². The van der Waals surface area contributed by atoms with E-state index in [2.05, 4.69) is 10.3 Å². The third-order valence-corrected chi connectivity index (χ3v) is 4.45. The third-order valence-electron chi connectivity index (χ3n) is 3.42. The van der Waals surface area contributed by atoms with Crippen LogP contribution in [0.2, 0.25) is 0 Å². The zero-order chi connectivity index (χ0) is 15.2. The second-order valence-electron chi connectivity index (χ2n) is 5.09. The predicted molar refractivity (Wildman–Crippen MR) is 88.5 cm³/mol. The van der Waals surface area contributed by atoms with E-state index in [-0.39, 0.29) is 5.91 Å². The van der Waals surface area contributed by atoms with Crippen LogP contribution in [0.25, 0.3) is 0 Å². The van der Waals surface area contributed by atoms with Crippen molar-refractivity contribution in [2.45, 2.75) is 24.3 Å². The summed E-state index contributed by atoms with van der Waals surface area (Å²) in [6.45, 7) is 0.659. The molecule has 1 aliphatic heterocycles. The molecule has 1 aromatic heterocycles. The fourth-order valence-corrected chi connectivity index (χ4v) is 3.08. The van der Waals surface area contributed by atoms with Crippen molar-refractivity contribution in [1.29, 1.82) is 0 Å². The maximum Gasteiger partial charge on any atom is 0.224 e. The number of aryl methyl sites for hydroxylation is 1. The molecule has 4 nitrogen and oxygen atoms in total. The van der Waals surface area contributed by atoms with Gasteiger partial charge >= 0.3 is 0 Å². The van der Waals surface area contributed by atoms with Gasteiger partial charge in [-0.05, 0) is 36.6 Å². The lowest BCUT2D eigenvalue weighted by Crippen LogP contribution is -2.18. The van der Waals surface area contributed by atoms with Crippen LogP contribution in [0.15, 0.2) is 47.6 Å². The number of rotatable bonds is 6. The van der Waals surface area contributed by atoms with Gasteiger partial charge in [-0.2, -0.15) is 0 Å². The van der Waals surface area contributed by atoms with Gasteiger partial charge in [0.25, 0.3) is 0 Å². The zero-order valence-corrected chi connectivity index (χ0v) is 13.1. The Hall–Kier alpha value is -2.01. The number of ether oxygens (including phenoxy) is 1. The van der Waals surface area contributed by atoms with E-state index in [1.54, 1.807) is 18.0 Å². The number of hydrogen-bond donors (Lipinski definition) is 1. The fraction of sp³-hybridized carbons (Fsp3) is 0.294. The van der Waals surface area contributed by atoms with Crippen molar-refractivity contribution in [1.82, 2.24) is 4.98 Å².